The number of imidazole rings is 1. The lowest BCUT2D eigenvalue weighted by molar-refractivity contribution is -0.134. The number of hydrogen-bond acceptors (Lipinski definition) is 4. The molecule has 3 N–H and O–H groups in total. The van der Waals surface area contributed by atoms with E-state index in [2.05, 4.69) is 42.2 Å². The first-order valence-corrected chi connectivity index (χ1v) is 8.74. The maximum absolute atomic E-state index is 12.6. The Bertz CT molecular complexity index is 821. The van der Waals surface area contributed by atoms with Gasteiger partial charge < -0.3 is 5.32 Å². The van der Waals surface area contributed by atoms with Crippen LogP contribution in [0.1, 0.15) is 23.4 Å². The molecule has 1 amide bonds. The van der Waals surface area contributed by atoms with Crippen LogP contribution in [0.15, 0.2) is 8.95 Å². The fraction of sp³-hybridized carbons (Fsp3) is 0.429. The largest absolute Gasteiger partial charge is 0.389 e. The number of anilines is 1. The Balaban J connectivity index is 2.59. The molecule has 0 atom stereocenters. The molecule has 0 unspecified atom stereocenters. The van der Waals surface area contributed by atoms with Crippen molar-refractivity contribution >= 4 is 49.2 Å². The van der Waals surface area contributed by atoms with E-state index in [0.717, 1.165) is 10.0 Å². The van der Waals surface area contributed by atoms with Gasteiger partial charge in [0.05, 0.1) is 16.7 Å². The van der Waals surface area contributed by atoms with E-state index in [9.17, 15) is 18.0 Å². The number of hydrogen-bond donors (Lipinski definition) is 3. The average molecular weight is 488 g/mol. The number of pyridine rings is 1. The molecule has 2 rings (SSSR count). The Kier molecular flexibility index (Phi) is 6.00. The number of carbonyl (C=O) groups excluding carboxylic acids is 1. The van der Waals surface area contributed by atoms with Crippen molar-refractivity contribution in [3.05, 3.63) is 25.9 Å². The molecule has 25 heavy (non-hydrogen) atoms. The lowest BCUT2D eigenvalue weighted by atomic mass is 10.2. The minimum atomic E-state index is -4.32. The summed E-state index contributed by atoms with van der Waals surface area (Å²) in [6.07, 6.45) is -5.69. The molecule has 6 nitrogen and oxygen atoms in total. The number of carbonyl (C=O) groups is 1. The van der Waals surface area contributed by atoms with Gasteiger partial charge in [-0.3, -0.25) is 14.4 Å². The number of rotatable bonds is 5. The van der Waals surface area contributed by atoms with Crippen LogP contribution in [0, 0.1) is 13.8 Å². The molecule has 0 radical (unpaired) electrons. The van der Waals surface area contributed by atoms with E-state index in [1.54, 1.807) is 11.3 Å². The van der Waals surface area contributed by atoms with E-state index >= 15 is 0 Å². The van der Waals surface area contributed by atoms with Crippen molar-refractivity contribution in [2.75, 3.05) is 11.9 Å². The van der Waals surface area contributed by atoms with Crippen molar-refractivity contribution in [3.63, 3.8) is 0 Å². The Labute approximate surface area is 158 Å². The number of nitrogens with zero attached hydrogens (tertiary/aromatic N) is 2. The van der Waals surface area contributed by atoms with Gasteiger partial charge in [0.1, 0.15) is 5.82 Å². The van der Waals surface area contributed by atoms with Gasteiger partial charge >= 0.3 is 6.18 Å². The molecular weight excluding hydrogens is 473 g/mol. The van der Waals surface area contributed by atoms with E-state index in [-0.39, 0.29) is 24.5 Å². The van der Waals surface area contributed by atoms with Gasteiger partial charge in [-0.1, -0.05) is 0 Å². The van der Waals surface area contributed by atoms with Gasteiger partial charge in [0.15, 0.2) is 5.65 Å². The maximum atomic E-state index is 12.6. The van der Waals surface area contributed by atoms with Crippen molar-refractivity contribution in [3.8, 4) is 0 Å². The number of halogens is 5. The summed E-state index contributed by atoms with van der Waals surface area (Å²) in [5.74, 6) is -0.443. The molecule has 0 bridgehead atoms. The highest BCUT2D eigenvalue weighted by molar-refractivity contribution is 9.11. The molecule has 2 aromatic rings. The fourth-order valence-corrected chi connectivity index (χ4v) is 3.50. The van der Waals surface area contributed by atoms with Gasteiger partial charge in [0, 0.05) is 23.0 Å². The van der Waals surface area contributed by atoms with Crippen LogP contribution in [-0.2, 0) is 11.2 Å². The van der Waals surface area contributed by atoms with Crippen molar-refractivity contribution in [2.24, 2.45) is 0 Å². The van der Waals surface area contributed by atoms with Crippen LogP contribution in [-0.4, -0.2) is 33.2 Å². The van der Waals surface area contributed by atoms with Crippen molar-refractivity contribution in [1.82, 2.24) is 14.9 Å². The summed E-state index contributed by atoms with van der Waals surface area (Å²) in [7, 11) is 0. The zero-order chi connectivity index (χ0) is 18.9. The zero-order valence-electron chi connectivity index (χ0n) is 13.3. The van der Waals surface area contributed by atoms with Gasteiger partial charge in [-0.25, -0.2) is 10.5 Å². The third-order valence-corrected chi connectivity index (χ3v) is 5.76. The number of hydroxylamine groups is 1. The summed E-state index contributed by atoms with van der Waals surface area (Å²) in [4.78, 5) is 15.6. The van der Waals surface area contributed by atoms with Crippen LogP contribution in [0.4, 0.5) is 19.0 Å². The second-order valence-corrected chi connectivity index (χ2v) is 6.99. The van der Waals surface area contributed by atoms with Crippen molar-refractivity contribution in [2.45, 2.75) is 32.9 Å². The van der Waals surface area contributed by atoms with Gasteiger partial charge in [0.25, 0.3) is 5.91 Å². The SMILES string of the molecule is Cc1c(Br)c(C)n2c(NCC(=O)NO)c(CCC(F)(F)F)nc2c1Br. The van der Waals surface area contributed by atoms with E-state index in [1.165, 1.54) is 5.48 Å². The minimum Gasteiger partial charge on any atom is -0.360 e. The highest BCUT2D eigenvalue weighted by Gasteiger charge is 2.29. The van der Waals surface area contributed by atoms with E-state index < -0.39 is 18.5 Å². The van der Waals surface area contributed by atoms with E-state index in [0.29, 0.717) is 15.8 Å². The predicted molar refractivity (Wildman–Crippen MR) is 92.9 cm³/mol. The summed E-state index contributed by atoms with van der Waals surface area (Å²) < 4.78 is 40.9. The summed E-state index contributed by atoms with van der Waals surface area (Å²) in [6.45, 7) is 3.31. The first kappa shape index (κ1) is 20.0. The number of aryl methyl sites for hydroxylation is 2. The van der Waals surface area contributed by atoms with Crippen molar-refractivity contribution < 1.29 is 23.2 Å². The monoisotopic (exact) mass is 486 g/mol. The fourth-order valence-electron chi connectivity index (χ4n) is 2.39. The average Bonchev–Trinajstić information content (AvgIpc) is 2.92. The Morgan fingerprint density at radius 1 is 1.28 bits per heavy atom. The highest BCUT2D eigenvalue weighted by atomic mass is 79.9. The van der Waals surface area contributed by atoms with Crippen LogP contribution in [0.5, 0.6) is 0 Å². The van der Waals surface area contributed by atoms with Crippen molar-refractivity contribution in [1.29, 1.82) is 0 Å². The molecule has 2 heterocycles. The molecule has 0 fully saturated rings. The zero-order valence-corrected chi connectivity index (χ0v) is 16.4. The molecule has 11 heteroatoms. The van der Waals surface area contributed by atoms with Crippen LogP contribution in [0.3, 0.4) is 0 Å². The van der Waals surface area contributed by atoms with Crippen LogP contribution < -0.4 is 10.8 Å². The highest BCUT2D eigenvalue weighted by Crippen LogP contribution is 2.35. The number of aromatic nitrogens is 2. The van der Waals surface area contributed by atoms with Crippen LogP contribution in [0.2, 0.25) is 0 Å². The molecule has 0 saturated carbocycles. The second-order valence-electron chi connectivity index (χ2n) is 5.41. The van der Waals surface area contributed by atoms with E-state index in [1.807, 2.05) is 6.92 Å². The lowest BCUT2D eigenvalue weighted by Crippen LogP contribution is -2.27. The van der Waals surface area contributed by atoms with E-state index in [4.69, 9.17) is 5.21 Å². The molecule has 0 aliphatic carbocycles. The smallest absolute Gasteiger partial charge is 0.360 e. The number of fused-ring (bicyclic) bond motifs is 1. The van der Waals surface area contributed by atoms with Gasteiger partial charge in [0.2, 0.25) is 0 Å². The molecule has 0 aromatic carbocycles. The van der Waals surface area contributed by atoms with Gasteiger partial charge in [-0.2, -0.15) is 13.2 Å². The molecule has 0 saturated heterocycles. The Morgan fingerprint density at radius 2 is 1.92 bits per heavy atom. The molecular formula is C14H15Br2F3N4O2. The van der Waals surface area contributed by atoms with Crippen LogP contribution in [0.25, 0.3) is 5.65 Å². The summed E-state index contributed by atoms with van der Waals surface area (Å²) in [6, 6.07) is 0. The summed E-state index contributed by atoms with van der Waals surface area (Å²) in [5.41, 5.74) is 3.67. The molecule has 0 aliphatic rings. The summed E-state index contributed by atoms with van der Waals surface area (Å²) >= 11 is 6.87. The quantitative estimate of drug-likeness (QED) is 0.441. The topological polar surface area (TPSA) is 78.7 Å². The minimum absolute atomic E-state index is 0.185. The first-order valence-electron chi connectivity index (χ1n) is 7.15. The Morgan fingerprint density at radius 3 is 2.48 bits per heavy atom. The lowest BCUT2D eigenvalue weighted by Gasteiger charge is -2.13. The number of alkyl halides is 3. The molecule has 0 spiro atoms. The van der Waals surface area contributed by atoms with Gasteiger partial charge in [-0.15, -0.1) is 0 Å². The third kappa shape index (κ3) is 4.26. The first-order chi connectivity index (χ1) is 11.6. The second kappa shape index (κ2) is 7.50. The van der Waals surface area contributed by atoms with Crippen LogP contribution >= 0.6 is 31.9 Å². The standard InChI is InChI=1S/C14H15Br2F3N4O2/c1-6-10(15)7(2)23-12(20-5-9(24)22-25)8(3-4-14(17,18)19)21-13(23)11(6)16/h20,25H,3-5H2,1-2H3,(H,22,24). The van der Waals surface area contributed by atoms with Gasteiger partial charge in [-0.05, 0) is 51.3 Å². The number of nitrogens with one attached hydrogen (secondary N) is 2. The normalized spacial score (nSPS) is 11.8. The molecule has 2 aromatic heterocycles. The molecule has 0 aliphatic heterocycles. The maximum Gasteiger partial charge on any atom is 0.389 e. The predicted octanol–water partition coefficient (Wildman–Crippen LogP) is 3.89. The number of amides is 1. The molecule has 138 valence electrons. The summed E-state index contributed by atoms with van der Waals surface area (Å²) in [5, 5.41) is 11.4. The third-order valence-electron chi connectivity index (χ3n) is 3.64. The Hall–Kier alpha value is -1.33.